The Hall–Kier alpha value is -1.63. The van der Waals surface area contributed by atoms with E-state index < -0.39 is 40.8 Å². The van der Waals surface area contributed by atoms with Crippen molar-refractivity contribution in [1.29, 1.82) is 0 Å². The van der Waals surface area contributed by atoms with Crippen LogP contribution in [-0.4, -0.2) is 18.5 Å². The van der Waals surface area contributed by atoms with E-state index in [1.54, 1.807) is 6.92 Å². The molecule has 1 heterocycles. The van der Waals surface area contributed by atoms with Gasteiger partial charge in [0.25, 0.3) is 0 Å². The molecule has 2 N–H and O–H groups in total. The molecule has 2 unspecified atom stereocenters. The largest absolute Gasteiger partial charge is 0.321 e. The zero-order chi connectivity index (χ0) is 14.9. The van der Waals surface area contributed by atoms with Gasteiger partial charge in [-0.15, -0.1) is 0 Å². The first-order valence-corrected chi connectivity index (χ1v) is 6.29. The van der Waals surface area contributed by atoms with Gasteiger partial charge >= 0.3 is 0 Å². The highest BCUT2D eigenvalue weighted by atomic mass is 19.2. The molecule has 110 valence electrons. The summed E-state index contributed by atoms with van der Waals surface area (Å²) < 4.78 is 53.0. The molecule has 1 aliphatic heterocycles. The molecule has 0 radical (unpaired) electrons. The smallest absolute Gasteiger partial charge is 0.229 e. The topological polar surface area (TPSA) is 41.1 Å². The number of amides is 1. The number of hydrogen-bond acceptors (Lipinski definition) is 2. The van der Waals surface area contributed by atoms with Crippen LogP contribution in [0.5, 0.6) is 0 Å². The van der Waals surface area contributed by atoms with Crippen molar-refractivity contribution in [2.75, 3.05) is 11.9 Å². The van der Waals surface area contributed by atoms with Crippen LogP contribution in [0, 0.1) is 29.2 Å². The molecule has 0 aromatic heterocycles. The van der Waals surface area contributed by atoms with Crippen LogP contribution in [0.15, 0.2) is 6.07 Å². The molecule has 20 heavy (non-hydrogen) atoms. The van der Waals surface area contributed by atoms with Crippen LogP contribution >= 0.6 is 0 Å². The Labute approximate surface area is 113 Å². The minimum atomic E-state index is -1.60. The molecule has 0 saturated carbocycles. The number of carbonyl (C=O) groups excluding carboxylic acids is 1. The maximum absolute atomic E-state index is 13.5. The summed E-state index contributed by atoms with van der Waals surface area (Å²) in [5.41, 5.74) is -1.08. The fourth-order valence-corrected chi connectivity index (χ4v) is 2.30. The summed E-state index contributed by atoms with van der Waals surface area (Å²) in [7, 11) is 0. The van der Waals surface area contributed by atoms with E-state index in [2.05, 4.69) is 5.32 Å². The molecule has 0 aliphatic carbocycles. The summed E-state index contributed by atoms with van der Waals surface area (Å²) in [4.78, 5) is 12.0. The van der Waals surface area contributed by atoms with Gasteiger partial charge in [0, 0.05) is 12.1 Å². The summed E-state index contributed by atoms with van der Waals surface area (Å²) in [5.74, 6) is -7.47. The Morgan fingerprint density at radius 2 is 1.85 bits per heavy atom. The lowest BCUT2D eigenvalue weighted by Gasteiger charge is -2.28. The Kier molecular flexibility index (Phi) is 4.27. The standard InChI is InChI=1S/C13H14F4N2O/c1-6-7(3-2-4-18-6)13(20)19-12-10(16)8(14)5-9(15)11(12)17/h5-7,18H,2-4H2,1H3,(H,19,20). The first-order valence-electron chi connectivity index (χ1n) is 6.29. The first-order chi connectivity index (χ1) is 9.41. The maximum Gasteiger partial charge on any atom is 0.229 e. The number of hydrogen-bond donors (Lipinski definition) is 2. The molecule has 1 aromatic rings. The Morgan fingerprint density at radius 1 is 1.25 bits per heavy atom. The number of nitrogens with one attached hydrogen (secondary N) is 2. The summed E-state index contributed by atoms with van der Waals surface area (Å²) in [6.07, 6.45) is 1.28. The second kappa shape index (κ2) is 5.78. The van der Waals surface area contributed by atoms with Gasteiger partial charge in [0.1, 0.15) is 5.69 Å². The molecule has 7 heteroatoms. The lowest BCUT2D eigenvalue weighted by molar-refractivity contribution is -0.121. The molecule has 1 aliphatic rings. The van der Waals surface area contributed by atoms with Crippen molar-refractivity contribution < 1.29 is 22.4 Å². The van der Waals surface area contributed by atoms with Crippen LogP contribution < -0.4 is 10.6 Å². The predicted molar refractivity (Wildman–Crippen MR) is 65.1 cm³/mol. The van der Waals surface area contributed by atoms with Crippen molar-refractivity contribution in [1.82, 2.24) is 5.32 Å². The SMILES string of the molecule is CC1NCCCC1C(=O)Nc1c(F)c(F)cc(F)c1F. The van der Waals surface area contributed by atoms with E-state index in [-0.39, 0.29) is 12.1 Å². The summed E-state index contributed by atoms with van der Waals surface area (Å²) >= 11 is 0. The van der Waals surface area contributed by atoms with Gasteiger partial charge in [0.05, 0.1) is 5.92 Å². The van der Waals surface area contributed by atoms with Crippen molar-refractivity contribution in [2.24, 2.45) is 5.92 Å². The van der Waals surface area contributed by atoms with E-state index >= 15 is 0 Å². The van der Waals surface area contributed by atoms with Crippen molar-refractivity contribution in [3.63, 3.8) is 0 Å². The van der Waals surface area contributed by atoms with Crippen molar-refractivity contribution in [3.8, 4) is 0 Å². The molecule has 1 amide bonds. The quantitative estimate of drug-likeness (QED) is 0.649. The molecule has 1 saturated heterocycles. The Bertz CT molecular complexity index is 509. The van der Waals surface area contributed by atoms with Gasteiger partial charge in [0.15, 0.2) is 23.3 Å². The lowest BCUT2D eigenvalue weighted by Crippen LogP contribution is -2.44. The van der Waals surface area contributed by atoms with Gasteiger partial charge in [-0.25, -0.2) is 17.6 Å². The van der Waals surface area contributed by atoms with Crippen molar-refractivity contribution in [2.45, 2.75) is 25.8 Å². The molecular weight excluding hydrogens is 276 g/mol. The van der Waals surface area contributed by atoms with E-state index in [9.17, 15) is 22.4 Å². The van der Waals surface area contributed by atoms with E-state index in [0.29, 0.717) is 6.42 Å². The fourth-order valence-electron chi connectivity index (χ4n) is 2.30. The van der Waals surface area contributed by atoms with Gasteiger partial charge in [-0.3, -0.25) is 4.79 Å². The highest BCUT2D eigenvalue weighted by Gasteiger charge is 2.29. The molecule has 1 fully saturated rings. The highest BCUT2D eigenvalue weighted by Crippen LogP contribution is 2.26. The Balaban J connectivity index is 2.23. The summed E-state index contributed by atoms with van der Waals surface area (Å²) in [6.45, 7) is 2.52. The second-order valence-corrected chi connectivity index (χ2v) is 4.82. The summed E-state index contributed by atoms with van der Waals surface area (Å²) in [5, 5.41) is 5.01. The average molecular weight is 290 g/mol. The van der Waals surface area contributed by atoms with Gasteiger partial charge in [-0.1, -0.05) is 0 Å². The fraction of sp³-hybridized carbons (Fsp3) is 0.462. The van der Waals surface area contributed by atoms with Crippen LogP contribution in [0.25, 0.3) is 0 Å². The molecule has 1 aromatic carbocycles. The monoisotopic (exact) mass is 290 g/mol. The number of benzene rings is 1. The van der Waals surface area contributed by atoms with Gasteiger partial charge in [-0.2, -0.15) is 0 Å². The minimum Gasteiger partial charge on any atom is -0.321 e. The minimum absolute atomic E-state index is 0.102. The van der Waals surface area contributed by atoms with E-state index in [0.717, 1.165) is 13.0 Å². The molecule has 3 nitrogen and oxygen atoms in total. The first kappa shape index (κ1) is 14.8. The van der Waals surface area contributed by atoms with Crippen molar-refractivity contribution in [3.05, 3.63) is 29.3 Å². The maximum atomic E-state index is 13.5. The molecular formula is C13H14F4N2O. The number of carbonyl (C=O) groups is 1. The van der Waals surface area contributed by atoms with Gasteiger partial charge in [-0.05, 0) is 26.3 Å². The lowest BCUT2D eigenvalue weighted by atomic mass is 9.91. The third-order valence-corrected chi connectivity index (χ3v) is 3.46. The third kappa shape index (κ3) is 2.77. The third-order valence-electron chi connectivity index (χ3n) is 3.46. The van der Waals surface area contributed by atoms with Crippen LogP contribution in [0.3, 0.4) is 0 Å². The van der Waals surface area contributed by atoms with E-state index in [1.807, 2.05) is 5.32 Å². The van der Waals surface area contributed by atoms with Crippen LogP contribution in [0.4, 0.5) is 23.2 Å². The van der Waals surface area contributed by atoms with Crippen LogP contribution in [0.2, 0.25) is 0 Å². The number of halogens is 4. The molecule has 2 rings (SSSR count). The van der Waals surface area contributed by atoms with Gasteiger partial charge in [0.2, 0.25) is 5.91 Å². The van der Waals surface area contributed by atoms with E-state index in [4.69, 9.17) is 0 Å². The average Bonchev–Trinajstić information content (AvgIpc) is 2.41. The zero-order valence-electron chi connectivity index (χ0n) is 10.8. The van der Waals surface area contributed by atoms with E-state index in [1.165, 1.54) is 0 Å². The number of anilines is 1. The van der Waals surface area contributed by atoms with Crippen molar-refractivity contribution >= 4 is 11.6 Å². The van der Waals surface area contributed by atoms with Crippen LogP contribution in [0.1, 0.15) is 19.8 Å². The molecule has 2 atom stereocenters. The Morgan fingerprint density at radius 3 is 2.40 bits per heavy atom. The summed E-state index contributed by atoms with van der Waals surface area (Å²) in [6, 6.07) is -0.0706. The molecule has 0 bridgehead atoms. The number of rotatable bonds is 2. The highest BCUT2D eigenvalue weighted by molar-refractivity contribution is 5.93. The number of piperidine rings is 1. The second-order valence-electron chi connectivity index (χ2n) is 4.82. The van der Waals surface area contributed by atoms with Crippen LogP contribution in [-0.2, 0) is 4.79 Å². The normalized spacial score (nSPS) is 22.6. The zero-order valence-corrected chi connectivity index (χ0v) is 10.8. The molecule has 0 spiro atoms. The van der Waals surface area contributed by atoms with Gasteiger partial charge < -0.3 is 10.6 Å². The predicted octanol–water partition coefficient (Wildman–Crippen LogP) is 2.57.